The molecule has 0 radical (unpaired) electrons. The van der Waals surface area contributed by atoms with Crippen molar-refractivity contribution in [1.29, 1.82) is 5.26 Å². The van der Waals surface area contributed by atoms with E-state index in [1.807, 2.05) is 25.1 Å². The molecule has 1 N–H and O–H groups in total. The third kappa shape index (κ3) is 5.15. The Bertz CT molecular complexity index is 1300. The molecule has 1 aliphatic rings. The van der Waals surface area contributed by atoms with E-state index in [1.54, 1.807) is 42.5 Å². The standard InChI is InChI=1S/C25H19Cl2N3O3S/c1-15-4-8-18(9-5-15)30-24(32)22(11-16-6-7-17(26)12-21(16)27)34-25(30)20(13-28)23(31)29-14-19-3-2-10-33-19/h2-10,12,22H,11,14H2,1H3,(H,29,31)/b25-20+/t22-/m1/s1. The summed E-state index contributed by atoms with van der Waals surface area (Å²) in [5, 5.41) is 13.2. The highest BCUT2D eigenvalue weighted by Crippen LogP contribution is 2.42. The van der Waals surface area contributed by atoms with Gasteiger partial charge in [-0.3, -0.25) is 14.5 Å². The van der Waals surface area contributed by atoms with E-state index in [0.29, 0.717) is 27.9 Å². The average molecular weight is 512 g/mol. The van der Waals surface area contributed by atoms with Crippen LogP contribution < -0.4 is 10.2 Å². The largest absolute Gasteiger partial charge is 0.467 e. The maximum Gasteiger partial charge on any atom is 0.265 e. The normalized spacial score (nSPS) is 16.9. The Morgan fingerprint density at radius 3 is 2.62 bits per heavy atom. The van der Waals surface area contributed by atoms with Crippen molar-refractivity contribution in [1.82, 2.24) is 5.32 Å². The predicted octanol–water partition coefficient (Wildman–Crippen LogP) is 5.64. The summed E-state index contributed by atoms with van der Waals surface area (Å²) in [5.41, 5.74) is 2.21. The number of thioether (sulfide) groups is 1. The van der Waals surface area contributed by atoms with Gasteiger partial charge in [0.15, 0.2) is 0 Å². The molecular weight excluding hydrogens is 493 g/mol. The van der Waals surface area contributed by atoms with Crippen LogP contribution in [0, 0.1) is 18.3 Å². The van der Waals surface area contributed by atoms with Gasteiger partial charge in [-0.05, 0) is 55.3 Å². The van der Waals surface area contributed by atoms with E-state index in [2.05, 4.69) is 5.32 Å². The number of halogens is 2. The van der Waals surface area contributed by atoms with Gasteiger partial charge in [-0.25, -0.2) is 0 Å². The van der Waals surface area contributed by atoms with E-state index in [4.69, 9.17) is 27.6 Å². The minimum Gasteiger partial charge on any atom is -0.467 e. The van der Waals surface area contributed by atoms with Gasteiger partial charge in [0, 0.05) is 15.7 Å². The zero-order chi connectivity index (χ0) is 24.2. The van der Waals surface area contributed by atoms with E-state index < -0.39 is 11.2 Å². The number of rotatable bonds is 6. The zero-order valence-electron chi connectivity index (χ0n) is 18.0. The minimum atomic E-state index is -0.587. The van der Waals surface area contributed by atoms with Crippen LogP contribution in [0.1, 0.15) is 16.9 Å². The van der Waals surface area contributed by atoms with Crippen LogP contribution in [0.25, 0.3) is 0 Å². The second-order valence-electron chi connectivity index (χ2n) is 7.61. The van der Waals surface area contributed by atoms with Crippen molar-refractivity contribution in [3.63, 3.8) is 0 Å². The monoisotopic (exact) mass is 511 g/mol. The smallest absolute Gasteiger partial charge is 0.265 e. The van der Waals surface area contributed by atoms with Gasteiger partial charge in [-0.2, -0.15) is 5.26 Å². The Morgan fingerprint density at radius 1 is 1.21 bits per heavy atom. The molecule has 2 amide bonds. The third-order valence-corrected chi connectivity index (χ3v) is 7.07. The molecule has 0 spiro atoms. The molecule has 172 valence electrons. The summed E-state index contributed by atoms with van der Waals surface area (Å²) < 4.78 is 5.24. The van der Waals surface area contributed by atoms with Gasteiger partial charge in [0.1, 0.15) is 22.4 Å². The lowest BCUT2D eigenvalue weighted by Crippen LogP contribution is -2.32. The average Bonchev–Trinajstić information content (AvgIpc) is 3.44. The summed E-state index contributed by atoms with van der Waals surface area (Å²) in [6, 6.07) is 17.9. The highest BCUT2D eigenvalue weighted by atomic mass is 35.5. The lowest BCUT2D eigenvalue weighted by atomic mass is 10.1. The van der Waals surface area contributed by atoms with E-state index in [1.165, 1.54) is 22.9 Å². The van der Waals surface area contributed by atoms with Gasteiger partial charge in [0.2, 0.25) is 5.91 Å². The molecule has 1 fully saturated rings. The maximum atomic E-state index is 13.5. The molecule has 34 heavy (non-hydrogen) atoms. The zero-order valence-corrected chi connectivity index (χ0v) is 20.4. The fourth-order valence-electron chi connectivity index (χ4n) is 3.47. The Hall–Kier alpha value is -3.18. The molecule has 1 saturated heterocycles. The summed E-state index contributed by atoms with van der Waals surface area (Å²) in [4.78, 5) is 27.9. The Labute approximate surface area is 211 Å². The van der Waals surface area contributed by atoms with Crippen molar-refractivity contribution in [3.05, 3.63) is 98.4 Å². The molecule has 0 saturated carbocycles. The van der Waals surface area contributed by atoms with E-state index in [0.717, 1.165) is 11.1 Å². The SMILES string of the molecule is Cc1ccc(N2C(=O)[C@@H](Cc3ccc(Cl)cc3Cl)S/C2=C(\C#N)C(=O)NCc2ccco2)cc1. The first-order chi connectivity index (χ1) is 16.4. The van der Waals surface area contributed by atoms with Gasteiger partial charge in [0.05, 0.1) is 18.1 Å². The van der Waals surface area contributed by atoms with Crippen molar-refractivity contribution in [2.75, 3.05) is 4.90 Å². The number of hydrogen-bond donors (Lipinski definition) is 1. The highest BCUT2D eigenvalue weighted by Gasteiger charge is 2.41. The number of nitriles is 1. The maximum absolute atomic E-state index is 13.5. The van der Waals surface area contributed by atoms with Gasteiger partial charge in [-0.1, -0.05) is 58.7 Å². The highest BCUT2D eigenvalue weighted by molar-refractivity contribution is 8.05. The second kappa shape index (κ2) is 10.4. The van der Waals surface area contributed by atoms with E-state index in [9.17, 15) is 14.9 Å². The first-order valence-corrected chi connectivity index (χ1v) is 12.0. The molecule has 2 heterocycles. The first kappa shape index (κ1) is 24.0. The molecule has 3 aromatic rings. The van der Waals surface area contributed by atoms with Crippen LogP contribution in [0.15, 0.2) is 75.9 Å². The van der Waals surface area contributed by atoms with Crippen LogP contribution in [-0.4, -0.2) is 17.1 Å². The molecule has 1 aromatic heterocycles. The predicted molar refractivity (Wildman–Crippen MR) is 133 cm³/mol. The minimum absolute atomic E-state index is 0.122. The lowest BCUT2D eigenvalue weighted by Gasteiger charge is -2.19. The Kier molecular flexibility index (Phi) is 7.32. The number of nitrogens with zero attached hydrogens (tertiary/aromatic N) is 2. The molecule has 0 unspecified atom stereocenters. The van der Waals surface area contributed by atoms with Gasteiger partial charge >= 0.3 is 0 Å². The fourth-order valence-corrected chi connectivity index (χ4v) is 5.25. The fraction of sp³-hybridized carbons (Fsp3) is 0.160. The number of nitrogens with one attached hydrogen (secondary N) is 1. The number of hydrogen-bond acceptors (Lipinski definition) is 5. The molecule has 6 nitrogen and oxygen atoms in total. The van der Waals surface area contributed by atoms with Crippen LogP contribution >= 0.6 is 35.0 Å². The van der Waals surface area contributed by atoms with Crippen molar-refractivity contribution in [2.24, 2.45) is 0 Å². The summed E-state index contributed by atoms with van der Waals surface area (Å²) in [5.74, 6) is -0.269. The van der Waals surface area contributed by atoms with Crippen LogP contribution in [0.2, 0.25) is 10.0 Å². The van der Waals surface area contributed by atoms with Crippen LogP contribution in [-0.2, 0) is 22.6 Å². The summed E-state index contributed by atoms with van der Waals surface area (Å²) >= 11 is 13.5. The molecule has 1 aliphatic heterocycles. The first-order valence-electron chi connectivity index (χ1n) is 10.3. The molecule has 9 heteroatoms. The van der Waals surface area contributed by atoms with Crippen molar-refractivity contribution in [2.45, 2.75) is 25.1 Å². The van der Waals surface area contributed by atoms with Crippen LogP contribution in [0.5, 0.6) is 0 Å². The van der Waals surface area contributed by atoms with Crippen LogP contribution in [0.3, 0.4) is 0 Å². The molecule has 4 rings (SSSR count). The number of carbonyl (C=O) groups is 2. The topological polar surface area (TPSA) is 86.3 Å². The van der Waals surface area contributed by atoms with Gasteiger partial charge in [0.25, 0.3) is 5.91 Å². The lowest BCUT2D eigenvalue weighted by molar-refractivity contribution is -0.117. The van der Waals surface area contributed by atoms with Crippen molar-refractivity contribution < 1.29 is 14.0 Å². The number of aryl methyl sites for hydroxylation is 1. The summed E-state index contributed by atoms with van der Waals surface area (Å²) in [6.45, 7) is 2.06. The Balaban J connectivity index is 1.69. The van der Waals surface area contributed by atoms with Crippen LogP contribution in [0.4, 0.5) is 5.69 Å². The number of anilines is 1. The summed E-state index contributed by atoms with van der Waals surface area (Å²) in [7, 11) is 0. The quantitative estimate of drug-likeness (QED) is 0.342. The number of furan rings is 1. The van der Waals surface area contributed by atoms with Crippen molar-refractivity contribution >= 4 is 52.5 Å². The number of carbonyl (C=O) groups excluding carboxylic acids is 2. The van der Waals surface area contributed by atoms with E-state index >= 15 is 0 Å². The van der Waals surface area contributed by atoms with Crippen molar-refractivity contribution in [3.8, 4) is 6.07 Å². The molecule has 1 atom stereocenters. The van der Waals surface area contributed by atoms with Gasteiger partial charge in [-0.15, -0.1) is 0 Å². The number of amides is 2. The molecule has 0 aliphatic carbocycles. The Morgan fingerprint density at radius 2 is 1.97 bits per heavy atom. The second-order valence-corrected chi connectivity index (χ2v) is 9.64. The molecule has 0 bridgehead atoms. The van der Waals surface area contributed by atoms with Gasteiger partial charge < -0.3 is 9.73 Å². The molecular formula is C25H19Cl2N3O3S. The summed E-state index contributed by atoms with van der Waals surface area (Å²) in [6.07, 6.45) is 1.82. The molecule has 2 aromatic carbocycles. The van der Waals surface area contributed by atoms with E-state index in [-0.39, 0.29) is 23.1 Å². The third-order valence-electron chi connectivity index (χ3n) is 5.22. The number of benzene rings is 2.